The van der Waals surface area contributed by atoms with E-state index in [2.05, 4.69) is 5.32 Å². The molecule has 3 N–H and O–H groups in total. The summed E-state index contributed by atoms with van der Waals surface area (Å²) in [5, 5.41) is 22.9. The number of nitrogens with one attached hydrogen (secondary N) is 1. The number of amides is 1. The fourth-order valence-corrected chi connectivity index (χ4v) is 2.52. The lowest BCUT2D eigenvalue weighted by Gasteiger charge is -2.19. The van der Waals surface area contributed by atoms with Gasteiger partial charge in [0.2, 0.25) is 0 Å². The Hall–Kier alpha value is -2.15. The highest BCUT2D eigenvalue weighted by atomic mass is 35.5. The molecule has 1 amide bonds. The number of carbonyl (C=O) groups excluding carboxylic acids is 1. The van der Waals surface area contributed by atoms with Gasteiger partial charge in [-0.2, -0.15) is 0 Å². The summed E-state index contributed by atoms with van der Waals surface area (Å²) < 4.78 is 19.0. The van der Waals surface area contributed by atoms with Crippen molar-refractivity contribution in [1.82, 2.24) is 5.32 Å². The maximum atomic E-state index is 13.9. The smallest absolute Gasteiger partial charge is 0.407 e. The fraction of sp³-hybridized carbons (Fsp3) is 0.316. The number of rotatable bonds is 7. The van der Waals surface area contributed by atoms with Crippen LogP contribution in [0.25, 0.3) is 0 Å². The molecule has 2 aromatic carbocycles. The topological polar surface area (TPSA) is 78.8 Å². The quantitative estimate of drug-likeness (QED) is 0.686. The number of ether oxygens (including phenoxy) is 1. The molecule has 0 bridgehead atoms. The Morgan fingerprint density at radius 3 is 2.65 bits per heavy atom. The lowest BCUT2D eigenvalue weighted by molar-refractivity contribution is 0.0116. The molecule has 0 spiro atoms. The Morgan fingerprint density at radius 2 is 1.96 bits per heavy atom. The summed E-state index contributed by atoms with van der Waals surface area (Å²) in [7, 11) is 0. The van der Waals surface area contributed by atoms with Crippen LogP contribution in [0, 0.1) is 12.7 Å². The van der Waals surface area contributed by atoms with E-state index >= 15 is 0 Å². The molecule has 0 aliphatic rings. The Bertz CT molecular complexity index is 742. The molecule has 0 heterocycles. The number of benzene rings is 2. The zero-order valence-corrected chi connectivity index (χ0v) is 15.0. The summed E-state index contributed by atoms with van der Waals surface area (Å²) in [6, 6.07) is 11.7. The normalized spacial score (nSPS) is 13.1. The van der Waals surface area contributed by atoms with Gasteiger partial charge in [-0.3, -0.25) is 0 Å². The van der Waals surface area contributed by atoms with Crippen LogP contribution in [-0.2, 0) is 11.3 Å². The second-order valence-electron chi connectivity index (χ2n) is 5.91. The first kappa shape index (κ1) is 20.2. The maximum Gasteiger partial charge on any atom is 0.407 e. The van der Waals surface area contributed by atoms with Crippen LogP contribution in [0.15, 0.2) is 42.5 Å². The molecule has 0 saturated heterocycles. The van der Waals surface area contributed by atoms with Crippen molar-refractivity contribution in [2.24, 2.45) is 0 Å². The van der Waals surface area contributed by atoms with Gasteiger partial charge in [-0.25, -0.2) is 9.18 Å². The Balaban J connectivity index is 1.78. The van der Waals surface area contributed by atoms with Gasteiger partial charge in [0, 0.05) is 17.1 Å². The van der Waals surface area contributed by atoms with Crippen LogP contribution >= 0.6 is 11.6 Å². The molecule has 2 unspecified atom stereocenters. The SMILES string of the molecule is Cc1cc(F)c(C(O)C(O)CCNC(=O)OCc2ccccc2)cc1Cl. The molecule has 5 nitrogen and oxygen atoms in total. The standard InChI is InChI=1S/C19H21ClFNO4/c1-12-9-16(21)14(10-15(12)20)18(24)17(23)7-8-22-19(25)26-11-13-5-3-2-4-6-13/h2-6,9-10,17-18,23-24H,7-8,11H2,1H3,(H,22,25). The van der Waals surface area contributed by atoms with Crippen molar-refractivity contribution in [1.29, 1.82) is 0 Å². The maximum absolute atomic E-state index is 13.9. The average molecular weight is 382 g/mol. The largest absolute Gasteiger partial charge is 0.445 e. The molecule has 2 aromatic rings. The number of aryl methyl sites for hydroxylation is 1. The minimum absolute atomic E-state index is 0.0204. The van der Waals surface area contributed by atoms with E-state index in [0.717, 1.165) is 5.56 Å². The number of halogens is 2. The van der Waals surface area contributed by atoms with E-state index < -0.39 is 24.1 Å². The first-order valence-electron chi connectivity index (χ1n) is 8.14. The third kappa shape index (κ3) is 5.69. The lowest BCUT2D eigenvalue weighted by atomic mass is 10.0. The minimum Gasteiger partial charge on any atom is -0.445 e. The summed E-state index contributed by atoms with van der Waals surface area (Å²) in [5.74, 6) is -0.645. The first-order chi connectivity index (χ1) is 12.4. The fourth-order valence-electron chi connectivity index (χ4n) is 2.35. The van der Waals surface area contributed by atoms with Gasteiger partial charge in [0.15, 0.2) is 0 Å². The van der Waals surface area contributed by atoms with E-state index in [1.54, 1.807) is 6.92 Å². The molecule has 0 aromatic heterocycles. The van der Waals surface area contributed by atoms with Crippen LogP contribution in [0.1, 0.15) is 29.2 Å². The minimum atomic E-state index is -1.45. The molecular weight excluding hydrogens is 361 g/mol. The molecule has 0 fully saturated rings. The number of hydrogen-bond donors (Lipinski definition) is 3. The monoisotopic (exact) mass is 381 g/mol. The lowest BCUT2D eigenvalue weighted by Crippen LogP contribution is -2.30. The summed E-state index contributed by atoms with van der Waals surface area (Å²) in [4.78, 5) is 11.6. The first-order valence-corrected chi connectivity index (χ1v) is 8.52. The van der Waals surface area contributed by atoms with E-state index in [9.17, 15) is 19.4 Å². The molecule has 0 saturated carbocycles. The van der Waals surface area contributed by atoms with Gasteiger partial charge in [0.1, 0.15) is 18.5 Å². The van der Waals surface area contributed by atoms with Crippen LogP contribution in [-0.4, -0.2) is 29.0 Å². The van der Waals surface area contributed by atoms with Crippen molar-refractivity contribution >= 4 is 17.7 Å². The van der Waals surface area contributed by atoms with Crippen LogP contribution in [0.5, 0.6) is 0 Å². The molecule has 26 heavy (non-hydrogen) atoms. The van der Waals surface area contributed by atoms with Crippen molar-refractivity contribution < 1.29 is 24.1 Å². The summed E-state index contributed by atoms with van der Waals surface area (Å²) in [5.41, 5.74) is 1.31. The number of hydrogen-bond acceptors (Lipinski definition) is 4. The zero-order chi connectivity index (χ0) is 19.1. The van der Waals surface area contributed by atoms with E-state index in [-0.39, 0.29) is 25.1 Å². The average Bonchev–Trinajstić information content (AvgIpc) is 2.63. The summed E-state index contributed by atoms with van der Waals surface area (Å²) in [6.45, 7) is 1.83. The third-order valence-corrected chi connectivity index (χ3v) is 4.29. The highest BCUT2D eigenvalue weighted by Gasteiger charge is 2.22. The van der Waals surface area contributed by atoms with Gasteiger partial charge in [0.05, 0.1) is 6.10 Å². The van der Waals surface area contributed by atoms with Crippen molar-refractivity contribution in [3.8, 4) is 0 Å². The Morgan fingerprint density at radius 1 is 1.27 bits per heavy atom. The van der Waals surface area contributed by atoms with E-state index in [1.807, 2.05) is 30.3 Å². The molecular formula is C19H21ClFNO4. The Kier molecular flexibility index (Phi) is 7.38. The number of aliphatic hydroxyl groups excluding tert-OH is 2. The summed E-state index contributed by atoms with van der Waals surface area (Å²) in [6.07, 6.45) is -3.33. The zero-order valence-electron chi connectivity index (χ0n) is 14.3. The van der Waals surface area contributed by atoms with Gasteiger partial charge in [-0.1, -0.05) is 41.9 Å². The predicted octanol–water partition coefficient (Wildman–Crippen LogP) is 3.50. The van der Waals surface area contributed by atoms with Gasteiger partial charge in [0.25, 0.3) is 0 Å². The van der Waals surface area contributed by atoms with Crippen molar-refractivity contribution in [3.05, 3.63) is 70.0 Å². The molecule has 0 aliphatic carbocycles. The number of aliphatic hydroxyl groups is 2. The van der Waals surface area contributed by atoms with Gasteiger partial charge in [-0.05, 0) is 36.6 Å². The van der Waals surface area contributed by atoms with Gasteiger partial charge in [-0.15, -0.1) is 0 Å². The van der Waals surface area contributed by atoms with E-state index in [0.29, 0.717) is 10.6 Å². The van der Waals surface area contributed by atoms with Crippen LogP contribution < -0.4 is 5.32 Å². The molecule has 0 radical (unpaired) electrons. The van der Waals surface area contributed by atoms with Crippen molar-refractivity contribution in [2.45, 2.75) is 32.2 Å². The van der Waals surface area contributed by atoms with Gasteiger partial charge >= 0.3 is 6.09 Å². The molecule has 0 aliphatic heterocycles. The van der Waals surface area contributed by atoms with Crippen molar-refractivity contribution in [3.63, 3.8) is 0 Å². The van der Waals surface area contributed by atoms with E-state index in [4.69, 9.17) is 16.3 Å². The highest BCUT2D eigenvalue weighted by molar-refractivity contribution is 6.31. The van der Waals surface area contributed by atoms with E-state index in [1.165, 1.54) is 12.1 Å². The Labute approximate surface area is 156 Å². The number of alkyl carbamates (subject to hydrolysis) is 1. The molecule has 2 rings (SSSR count). The van der Waals surface area contributed by atoms with Crippen molar-refractivity contribution in [2.75, 3.05) is 6.54 Å². The second-order valence-corrected chi connectivity index (χ2v) is 6.32. The van der Waals surface area contributed by atoms with Crippen LogP contribution in [0.2, 0.25) is 5.02 Å². The second kappa shape index (κ2) is 9.52. The van der Waals surface area contributed by atoms with Gasteiger partial charge < -0.3 is 20.3 Å². The predicted molar refractivity (Wildman–Crippen MR) is 96.4 cm³/mol. The van der Waals surface area contributed by atoms with Crippen LogP contribution in [0.3, 0.4) is 0 Å². The molecule has 2 atom stereocenters. The summed E-state index contributed by atoms with van der Waals surface area (Å²) >= 11 is 5.93. The third-order valence-electron chi connectivity index (χ3n) is 3.88. The highest BCUT2D eigenvalue weighted by Crippen LogP contribution is 2.27. The molecule has 7 heteroatoms. The molecule has 140 valence electrons. The number of carbonyl (C=O) groups is 1. The van der Waals surface area contributed by atoms with Crippen LogP contribution in [0.4, 0.5) is 9.18 Å².